The van der Waals surface area contributed by atoms with Crippen molar-refractivity contribution < 1.29 is 4.79 Å². The Morgan fingerprint density at radius 3 is 2.50 bits per heavy atom. The van der Waals surface area contributed by atoms with E-state index in [1.165, 1.54) is 0 Å². The Balaban J connectivity index is 1.58. The van der Waals surface area contributed by atoms with Crippen molar-refractivity contribution in [1.29, 1.82) is 0 Å². The quantitative estimate of drug-likeness (QED) is 0.283. The van der Waals surface area contributed by atoms with Gasteiger partial charge in [-0.25, -0.2) is 9.50 Å². The van der Waals surface area contributed by atoms with Crippen LogP contribution in [0.4, 0.5) is 0 Å². The fraction of sp³-hybridized carbons (Fsp3) is 0.357. The first kappa shape index (κ1) is 23.8. The van der Waals surface area contributed by atoms with Crippen LogP contribution in [0.1, 0.15) is 50.9 Å². The lowest BCUT2D eigenvalue weighted by molar-refractivity contribution is 0.0945. The first-order valence-electron chi connectivity index (χ1n) is 12.1. The SMILES string of the molecule is CCN(CC)C(CCC(=O)c1ccnc(-c2cnn3ccc(-c4ccccc4)nc23)c1)C(C)C. The number of aromatic nitrogens is 4. The van der Waals surface area contributed by atoms with Crippen LogP contribution in [0.2, 0.25) is 0 Å². The summed E-state index contributed by atoms with van der Waals surface area (Å²) in [5, 5.41) is 4.45. The van der Waals surface area contributed by atoms with E-state index in [2.05, 4.69) is 42.7 Å². The number of rotatable bonds is 10. The second-order valence-corrected chi connectivity index (χ2v) is 8.93. The van der Waals surface area contributed by atoms with E-state index in [0.29, 0.717) is 29.6 Å². The largest absolute Gasteiger partial charge is 0.301 e. The van der Waals surface area contributed by atoms with E-state index in [9.17, 15) is 4.79 Å². The predicted molar refractivity (Wildman–Crippen MR) is 137 cm³/mol. The van der Waals surface area contributed by atoms with Gasteiger partial charge in [-0.05, 0) is 43.6 Å². The van der Waals surface area contributed by atoms with Crippen LogP contribution in [-0.4, -0.2) is 49.4 Å². The Kier molecular flexibility index (Phi) is 7.48. The molecule has 0 radical (unpaired) electrons. The van der Waals surface area contributed by atoms with Gasteiger partial charge in [0, 0.05) is 36.0 Å². The summed E-state index contributed by atoms with van der Waals surface area (Å²) in [6.07, 6.45) is 6.76. The Labute approximate surface area is 201 Å². The molecule has 0 saturated heterocycles. The average molecular weight is 456 g/mol. The minimum atomic E-state index is 0.149. The number of Topliss-reactive ketones (excluding diaryl/α,β-unsaturated/α-hetero) is 1. The molecule has 1 atom stereocenters. The van der Waals surface area contributed by atoms with E-state index in [1.54, 1.807) is 16.9 Å². The lowest BCUT2D eigenvalue weighted by Gasteiger charge is -2.32. The molecule has 176 valence electrons. The number of ketones is 1. The smallest absolute Gasteiger partial charge is 0.164 e. The van der Waals surface area contributed by atoms with E-state index >= 15 is 0 Å². The first-order valence-corrected chi connectivity index (χ1v) is 12.1. The lowest BCUT2D eigenvalue weighted by atomic mass is 9.94. The number of pyridine rings is 1. The zero-order valence-electron chi connectivity index (χ0n) is 20.5. The maximum absolute atomic E-state index is 13.1. The third-order valence-corrected chi connectivity index (χ3v) is 6.51. The van der Waals surface area contributed by atoms with Gasteiger partial charge in [0.1, 0.15) is 0 Å². The van der Waals surface area contributed by atoms with Crippen molar-refractivity contribution in [2.75, 3.05) is 13.1 Å². The van der Waals surface area contributed by atoms with Crippen molar-refractivity contribution in [1.82, 2.24) is 24.5 Å². The van der Waals surface area contributed by atoms with Gasteiger partial charge in [0.2, 0.25) is 0 Å². The molecule has 4 rings (SSSR count). The highest BCUT2D eigenvalue weighted by molar-refractivity contribution is 5.97. The summed E-state index contributed by atoms with van der Waals surface area (Å²) < 4.78 is 1.75. The highest BCUT2D eigenvalue weighted by Gasteiger charge is 2.21. The molecule has 1 unspecified atom stereocenters. The standard InChI is InChI=1S/C28H33N5O/c1-5-32(6-2)26(20(3)4)12-13-27(34)22-14-16-29-25(18-22)23-19-30-33-17-15-24(31-28(23)33)21-10-8-7-9-11-21/h7-11,14-20,26H,5-6,12-13H2,1-4H3. The first-order chi connectivity index (χ1) is 16.5. The molecule has 0 bridgehead atoms. The summed E-state index contributed by atoms with van der Waals surface area (Å²) in [5.74, 6) is 0.653. The fourth-order valence-electron chi connectivity index (χ4n) is 4.62. The average Bonchev–Trinajstić information content (AvgIpc) is 3.30. The number of nitrogens with zero attached hydrogens (tertiary/aromatic N) is 5. The van der Waals surface area contributed by atoms with E-state index in [0.717, 1.165) is 42.0 Å². The van der Waals surface area contributed by atoms with Gasteiger partial charge in [0.25, 0.3) is 0 Å². The zero-order valence-corrected chi connectivity index (χ0v) is 20.5. The number of hydrogen-bond donors (Lipinski definition) is 0. The predicted octanol–water partition coefficient (Wildman–Crippen LogP) is 5.79. The van der Waals surface area contributed by atoms with Crippen LogP contribution in [0.25, 0.3) is 28.2 Å². The van der Waals surface area contributed by atoms with Crippen molar-refractivity contribution in [3.05, 3.63) is 72.7 Å². The van der Waals surface area contributed by atoms with Crippen LogP contribution in [-0.2, 0) is 0 Å². The van der Waals surface area contributed by atoms with E-state index in [1.807, 2.05) is 54.7 Å². The molecule has 3 aromatic heterocycles. The topological polar surface area (TPSA) is 63.4 Å². The summed E-state index contributed by atoms with van der Waals surface area (Å²) in [6, 6.07) is 16.1. The third kappa shape index (κ3) is 5.07. The highest BCUT2D eigenvalue weighted by Crippen LogP contribution is 2.26. The molecule has 4 aromatic rings. The van der Waals surface area contributed by atoms with Gasteiger partial charge in [-0.2, -0.15) is 5.10 Å². The summed E-state index contributed by atoms with van der Waals surface area (Å²) >= 11 is 0. The van der Waals surface area contributed by atoms with Gasteiger partial charge < -0.3 is 4.90 Å². The normalized spacial score (nSPS) is 12.5. The number of fused-ring (bicyclic) bond motifs is 1. The number of carbonyl (C=O) groups is 1. The van der Waals surface area contributed by atoms with Gasteiger partial charge in [-0.1, -0.05) is 58.0 Å². The Morgan fingerprint density at radius 2 is 1.79 bits per heavy atom. The van der Waals surface area contributed by atoms with E-state index < -0.39 is 0 Å². The second-order valence-electron chi connectivity index (χ2n) is 8.93. The number of carbonyl (C=O) groups excluding carboxylic acids is 1. The van der Waals surface area contributed by atoms with Crippen LogP contribution in [0.15, 0.2) is 67.1 Å². The molecular weight excluding hydrogens is 422 g/mol. The molecule has 0 aliphatic rings. The molecule has 1 aromatic carbocycles. The molecule has 0 aliphatic carbocycles. The van der Waals surface area contributed by atoms with Crippen molar-refractivity contribution in [2.24, 2.45) is 5.92 Å². The van der Waals surface area contributed by atoms with Crippen LogP contribution in [0.3, 0.4) is 0 Å². The fourth-order valence-corrected chi connectivity index (χ4v) is 4.62. The monoisotopic (exact) mass is 455 g/mol. The summed E-state index contributed by atoms with van der Waals surface area (Å²) in [5.41, 5.74) is 4.85. The highest BCUT2D eigenvalue weighted by atomic mass is 16.1. The van der Waals surface area contributed by atoms with Crippen molar-refractivity contribution in [2.45, 2.75) is 46.6 Å². The summed E-state index contributed by atoms with van der Waals surface area (Å²) in [4.78, 5) is 24.9. The van der Waals surface area contributed by atoms with E-state index in [4.69, 9.17) is 4.98 Å². The third-order valence-electron chi connectivity index (χ3n) is 6.51. The van der Waals surface area contributed by atoms with Gasteiger partial charge in [-0.15, -0.1) is 0 Å². The molecule has 0 amide bonds. The maximum atomic E-state index is 13.1. The maximum Gasteiger partial charge on any atom is 0.164 e. The molecule has 0 aliphatic heterocycles. The molecule has 0 spiro atoms. The molecule has 6 nitrogen and oxygen atoms in total. The van der Waals surface area contributed by atoms with Crippen LogP contribution in [0, 0.1) is 5.92 Å². The molecule has 0 saturated carbocycles. The van der Waals surface area contributed by atoms with Crippen LogP contribution >= 0.6 is 0 Å². The number of benzene rings is 1. The minimum absolute atomic E-state index is 0.149. The molecular formula is C28H33N5O. The summed E-state index contributed by atoms with van der Waals surface area (Å²) in [7, 11) is 0. The molecule has 0 N–H and O–H groups in total. The molecule has 3 heterocycles. The van der Waals surface area contributed by atoms with Gasteiger partial charge in [-0.3, -0.25) is 9.78 Å². The lowest BCUT2D eigenvalue weighted by Crippen LogP contribution is -2.39. The molecule has 0 fully saturated rings. The molecule has 34 heavy (non-hydrogen) atoms. The van der Waals surface area contributed by atoms with Crippen LogP contribution in [0.5, 0.6) is 0 Å². The van der Waals surface area contributed by atoms with Gasteiger partial charge in [0.05, 0.1) is 23.1 Å². The minimum Gasteiger partial charge on any atom is -0.301 e. The second kappa shape index (κ2) is 10.7. The zero-order chi connectivity index (χ0) is 24.1. The Morgan fingerprint density at radius 1 is 1.03 bits per heavy atom. The van der Waals surface area contributed by atoms with Crippen molar-refractivity contribution >= 4 is 11.4 Å². The summed E-state index contributed by atoms with van der Waals surface area (Å²) in [6.45, 7) is 10.8. The Bertz CT molecular complexity index is 1240. The van der Waals surface area contributed by atoms with Crippen molar-refractivity contribution in [3.63, 3.8) is 0 Å². The number of hydrogen-bond acceptors (Lipinski definition) is 5. The van der Waals surface area contributed by atoms with Crippen LogP contribution < -0.4 is 0 Å². The van der Waals surface area contributed by atoms with Gasteiger partial charge >= 0.3 is 0 Å². The molecule has 6 heteroatoms. The Hall–Kier alpha value is -3.38. The van der Waals surface area contributed by atoms with E-state index in [-0.39, 0.29) is 5.78 Å². The van der Waals surface area contributed by atoms with Gasteiger partial charge in [0.15, 0.2) is 11.4 Å². The van der Waals surface area contributed by atoms with Crippen molar-refractivity contribution in [3.8, 4) is 22.5 Å².